The number of aryl methyl sites for hydroxylation is 1. The van der Waals surface area contributed by atoms with Crippen molar-refractivity contribution in [3.05, 3.63) is 89.0 Å². The maximum atomic E-state index is 13.5. The van der Waals surface area contributed by atoms with Crippen molar-refractivity contribution in [2.75, 3.05) is 35.2 Å². The molecule has 0 spiro atoms. The molecule has 6 heteroatoms. The molecular formula is C28H30N4O2. The minimum absolute atomic E-state index is 0.0361. The topological polar surface area (TPSA) is 64.7 Å². The SMILES string of the molecule is Cc1ccc(NC(=O)Nc2ccc(N3CCc4ccccc4C3)c(C(=O)N3CCCC3)c2)cc1. The Balaban J connectivity index is 1.40. The van der Waals surface area contributed by atoms with Crippen molar-refractivity contribution in [3.8, 4) is 0 Å². The van der Waals surface area contributed by atoms with Crippen molar-refractivity contribution >= 4 is 29.0 Å². The molecular weight excluding hydrogens is 424 g/mol. The molecule has 2 heterocycles. The second-order valence-corrected chi connectivity index (χ2v) is 9.12. The molecule has 3 aromatic carbocycles. The van der Waals surface area contributed by atoms with Crippen LogP contribution in [0.15, 0.2) is 66.7 Å². The monoisotopic (exact) mass is 454 g/mol. The third-order valence-electron chi connectivity index (χ3n) is 6.66. The molecule has 0 unspecified atom stereocenters. The zero-order valence-corrected chi connectivity index (χ0v) is 19.5. The number of nitrogens with one attached hydrogen (secondary N) is 2. The summed E-state index contributed by atoms with van der Waals surface area (Å²) in [5, 5.41) is 5.75. The molecule has 34 heavy (non-hydrogen) atoms. The Hall–Kier alpha value is -3.80. The highest BCUT2D eigenvalue weighted by Crippen LogP contribution is 2.31. The van der Waals surface area contributed by atoms with Gasteiger partial charge in [-0.25, -0.2) is 4.79 Å². The molecule has 174 valence electrons. The van der Waals surface area contributed by atoms with E-state index in [4.69, 9.17) is 0 Å². The highest BCUT2D eigenvalue weighted by Gasteiger charge is 2.26. The van der Waals surface area contributed by atoms with Gasteiger partial charge in [0.25, 0.3) is 5.91 Å². The molecule has 0 saturated carbocycles. The number of nitrogens with zero attached hydrogens (tertiary/aromatic N) is 2. The molecule has 0 aliphatic carbocycles. The van der Waals surface area contributed by atoms with Crippen molar-refractivity contribution in [1.29, 1.82) is 0 Å². The van der Waals surface area contributed by atoms with Gasteiger partial charge in [-0.15, -0.1) is 0 Å². The van der Waals surface area contributed by atoms with Gasteiger partial charge in [0.1, 0.15) is 0 Å². The number of hydrogen-bond donors (Lipinski definition) is 2. The van der Waals surface area contributed by atoms with Crippen LogP contribution in [0.1, 0.15) is 39.9 Å². The summed E-state index contributed by atoms with van der Waals surface area (Å²) in [6.07, 6.45) is 3.02. The first-order valence-corrected chi connectivity index (χ1v) is 12.0. The number of anilines is 3. The van der Waals surface area contributed by atoms with Crippen LogP contribution in [0.2, 0.25) is 0 Å². The molecule has 3 amide bonds. The molecule has 5 rings (SSSR count). The average Bonchev–Trinajstić information content (AvgIpc) is 3.40. The number of carbonyl (C=O) groups is 2. The first-order chi connectivity index (χ1) is 16.6. The third kappa shape index (κ3) is 4.76. The van der Waals surface area contributed by atoms with E-state index in [0.29, 0.717) is 11.3 Å². The standard InChI is InChI=1S/C28H30N4O2/c1-20-8-10-23(11-9-20)29-28(34)30-24-12-13-26(25(18-24)27(33)31-15-4-5-16-31)32-17-14-21-6-2-3-7-22(21)19-32/h2-3,6-13,18H,4-5,14-17,19H2,1H3,(H2,29,30,34). The maximum Gasteiger partial charge on any atom is 0.323 e. The molecule has 1 saturated heterocycles. The van der Waals surface area contributed by atoms with Crippen LogP contribution < -0.4 is 15.5 Å². The van der Waals surface area contributed by atoms with Crippen LogP contribution in [0.4, 0.5) is 21.9 Å². The van der Waals surface area contributed by atoms with Crippen LogP contribution in [0.3, 0.4) is 0 Å². The van der Waals surface area contributed by atoms with Crippen molar-refractivity contribution < 1.29 is 9.59 Å². The number of carbonyl (C=O) groups excluding carboxylic acids is 2. The Morgan fingerprint density at radius 2 is 1.47 bits per heavy atom. The van der Waals surface area contributed by atoms with Crippen molar-refractivity contribution in [3.63, 3.8) is 0 Å². The van der Waals surface area contributed by atoms with Gasteiger partial charge in [-0.05, 0) is 67.6 Å². The number of hydrogen-bond acceptors (Lipinski definition) is 3. The molecule has 2 aliphatic heterocycles. The third-order valence-corrected chi connectivity index (χ3v) is 6.66. The number of benzene rings is 3. The second-order valence-electron chi connectivity index (χ2n) is 9.12. The molecule has 0 aromatic heterocycles. The molecule has 1 fully saturated rings. The van der Waals surface area contributed by atoms with Gasteiger partial charge in [0, 0.05) is 43.2 Å². The molecule has 3 aromatic rings. The zero-order valence-electron chi connectivity index (χ0n) is 19.5. The number of amides is 3. The molecule has 0 radical (unpaired) electrons. The first-order valence-electron chi connectivity index (χ1n) is 12.0. The molecule has 2 aliphatic rings. The lowest BCUT2D eigenvalue weighted by atomic mass is 9.98. The lowest BCUT2D eigenvalue weighted by Crippen LogP contribution is -2.34. The minimum atomic E-state index is -0.330. The fourth-order valence-electron chi connectivity index (χ4n) is 4.78. The summed E-state index contributed by atoms with van der Waals surface area (Å²) in [6.45, 7) is 5.21. The van der Waals surface area contributed by atoms with Gasteiger partial charge in [0.15, 0.2) is 0 Å². The van der Waals surface area contributed by atoms with Gasteiger partial charge >= 0.3 is 6.03 Å². The Labute approximate surface area is 200 Å². The van der Waals surface area contributed by atoms with Crippen LogP contribution in [0.5, 0.6) is 0 Å². The number of likely N-dealkylation sites (tertiary alicyclic amines) is 1. The van der Waals surface area contributed by atoms with Gasteiger partial charge in [0.2, 0.25) is 0 Å². The van der Waals surface area contributed by atoms with E-state index in [2.05, 4.69) is 39.8 Å². The lowest BCUT2D eigenvalue weighted by Gasteiger charge is -2.33. The number of fused-ring (bicyclic) bond motifs is 1. The largest absolute Gasteiger partial charge is 0.366 e. The second kappa shape index (κ2) is 9.59. The fourth-order valence-corrected chi connectivity index (χ4v) is 4.78. The van der Waals surface area contributed by atoms with Crippen LogP contribution in [-0.2, 0) is 13.0 Å². The van der Waals surface area contributed by atoms with Crippen LogP contribution in [-0.4, -0.2) is 36.5 Å². The average molecular weight is 455 g/mol. The van der Waals surface area contributed by atoms with Gasteiger partial charge in [-0.1, -0.05) is 42.0 Å². The summed E-state index contributed by atoms with van der Waals surface area (Å²) in [6, 6.07) is 21.5. The van der Waals surface area contributed by atoms with Crippen molar-refractivity contribution in [2.45, 2.75) is 32.7 Å². The Kier molecular flexibility index (Phi) is 6.21. The minimum Gasteiger partial charge on any atom is -0.366 e. The normalized spacial score (nSPS) is 15.1. The van der Waals surface area contributed by atoms with E-state index in [0.717, 1.165) is 62.4 Å². The first kappa shape index (κ1) is 22.0. The number of urea groups is 1. The van der Waals surface area contributed by atoms with E-state index in [1.165, 1.54) is 11.1 Å². The number of rotatable bonds is 4. The zero-order chi connectivity index (χ0) is 23.5. The Morgan fingerprint density at radius 1 is 0.794 bits per heavy atom. The molecule has 0 atom stereocenters. The summed E-state index contributed by atoms with van der Waals surface area (Å²) in [5.41, 5.74) is 6.70. The van der Waals surface area contributed by atoms with Gasteiger partial charge in [-0.3, -0.25) is 4.79 Å². The van der Waals surface area contributed by atoms with Crippen LogP contribution in [0, 0.1) is 6.92 Å². The van der Waals surface area contributed by atoms with E-state index >= 15 is 0 Å². The quantitative estimate of drug-likeness (QED) is 0.552. The van der Waals surface area contributed by atoms with E-state index in [1.54, 1.807) is 0 Å². The van der Waals surface area contributed by atoms with Gasteiger partial charge < -0.3 is 20.4 Å². The summed E-state index contributed by atoms with van der Waals surface area (Å²) < 4.78 is 0. The Morgan fingerprint density at radius 3 is 2.24 bits per heavy atom. The van der Waals surface area contributed by atoms with Crippen LogP contribution >= 0.6 is 0 Å². The van der Waals surface area contributed by atoms with E-state index in [9.17, 15) is 9.59 Å². The summed E-state index contributed by atoms with van der Waals surface area (Å²) in [7, 11) is 0. The van der Waals surface area contributed by atoms with Crippen molar-refractivity contribution in [2.24, 2.45) is 0 Å². The van der Waals surface area contributed by atoms with Crippen molar-refractivity contribution in [1.82, 2.24) is 4.90 Å². The predicted octanol–water partition coefficient (Wildman–Crippen LogP) is 5.44. The highest BCUT2D eigenvalue weighted by atomic mass is 16.2. The van der Waals surface area contributed by atoms with Crippen LogP contribution in [0.25, 0.3) is 0 Å². The smallest absolute Gasteiger partial charge is 0.323 e. The molecule has 2 N–H and O–H groups in total. The Bertz CT molecular complexity index is 1200. The summed E-state index contributed by atoms with van der Waals surface area (Å²) in [4.78, 5) is 30.3. The van der Waals surface area contributed by atoms with E-state index in [1.807, 2.05) is 54.3 Å². The lowest BCUT2D eigenvalue weighted by molar-refractivity contribution is 0.0793. The molecule has 0 bridgehead atoms. The van der Waals surface area contributed by atoms with E-state index in [-0.39, 0.29) is 11.9 Å². The van der Waals surface area contributed by atoms with E-state index < -0.39 is 0 Å². The summed E-state index contributed by atoms with van der Waals surface area (Å²) in [5.74, 6) is 0.0361. The molecule has 6 nitrogen and oxygen atoms in total. The van der Waals surface area contributed by atoms with Gasteiger partial charge in [0.05, 0.1) is 5.56 Å². The van der Waals surface area contributed by atoms with Gasteiger partial charge in [-0.2, -0.15) is 0 Å². The maximum absolute atomic E-state index is 13.5. The fraction of sp³-hybridized carbons (Fsp3) is 0.286. The highest BCUT2D eigenvalue weighted by molar-refractivity contribution is 6.04. The predicted molar refractivity (Wildman–Crippen MR) is 137 cm³/mol. The summed E-state index contributed by atoms with van der Waals surface area (Å²) >= 11 is 0.